The van der Waals surface area contributed by atoms with Crippen LogP contribution >= 0.6 is 0 Å². The Morgan fingerprint density at radius 1 is 1.04 bits per heavy atom. The van der Waals surface area contributed by atoms with E-state index >= 15 is 0 Å². The minimum Gasteiger partial charge on any atom is -0.488 e. The maximum atomic E-state index is 12.5. The molecule has 158 valence electrons. The van der Waals surface area contributed by atoms with E-state index in [0.29, 0.717) is 31.6 Å². The van der Waals surface area contributed by atoms with Crippen molar-refractivity contribution >= 4 is 21.7 Å². The van der Waals surface area contributed by atoms with Crippen LogP contribution in [0.1, 0.15) is 54.4 Å². The summed E-state index contributed by atoms with van der Waals surface area (Å²) in [6.07, 6.45) is 1.20. The monoisotopic (exact) mass is 411 g/mol. The van der Waals surface area contributed by atoms with Gasteiger partial charge in [0.05, 0.1) is 4.75 Å². The van der Waals surface area contributed by atoms with Gasteiger partial charge in [-0.05, 0) is 78.6 Å². The van der Waals surface area contributed by atoms with Crippen molar-refractivity contribution in [2.24, 2.45) is 0 Å². The summed E-state index contributed by atoms with van der Waals surface area (Å²) in [6, 6.07) is 6.96. The fraction of sp³-hybridized carbons (Fsp3) is 0.650. The van der Waals surface area contributed by atoms with Gasteiger partial charge in [0.25, 0.3) is 0 Å². The van der Waals surface area contributed by atoms with Gasteiger partial charge in [0.2, 0.25) is 10.0 Å². The van der Waals surface area contributed by atoms with Gasteiger partial charge in [-0.2, -0.15) is 0 Å². The molecule has 0 aromatic heterocycles. The fourth-order valence-electron chi connectivity index (χ4n) is 2.76. The van der Waals surface area contributed by atoms with Gasteiger partial charge in [-0.15, -0.1) is 0 Å². The zero-order valence-corrected chi connectivity index (χ0v) is 18.5. The molecule has 0 atom stereocenters. The predicted molar refractivity (Wildman–Crippen MR) is 112 cm³/mol. The van der Waals surface area contributed by atoms with E-state index in [9.17, 15) is 13.2 Å². The van der Waals surface area contributed by atoms with Crippen molar-refractivity contribution < 1.29 is 17.9 Å². The summed E-state index contributed by atoms with van der Waals surface area (Å²) in [6.45, 7) is 12.0. The molecule has 0 spiro atoms. The third kappa shape index (κ3) is 6.38. The summed E-state index contributed by atoms with van der Waals surface area (Å²) >= 11 is 0. The van der Waals surface area contributed by atoms with Crippen LogP contribution in [0.25, 0.3) is 0 Å². The molecule has 0 saturated carbocycles. The molecule has 1 heterocycles. The van der Waals surface area contributed by atoms with Crippen LogP contribution in [0, 0.1) is 0 Å². The van der Waals surface area contributed by atoms with Crippen LogP contribution in [0.15, 0.2) is 24.3 Å². The van der Waals surface area contributed by atoms with Gasteiger partial charge in [0, 0.05) is 24.8 Å². The first-order valence-corrected chi connectivity index (χ1v) is 11.1. The molecule has 0 radical (unpaired) electrons. The lowest BCUT2D eigenvalue weighted by Crippen LogP contribution is -2.50. The molecular weight excluding hydrogens is 378 g/mol. The molecule has 7 nitrogen and oxygen atoms in total. The van der Waals surface area contributed by atoms with E-state index in [1.54, 1.807) is 25.7 Å². The molecule has 1 fully saturated rings. The van der Waals surface area contributed by atoms with Gasteiger partial charge in [0.15, 0.2) is 0 Å². The Hall–Kier alpha value is -1.80. The lowest BCUT2D eigenvalue weighted by Gasteiger charge is -2.33. The number of rotatable bonds is 4. The van der Waals surface area contributed by atoms with Gasteiger partial charge in [-0.3, -0.25) is 0 Å². The summed E-state index contributed by atoms with van der Waals surface area (Å²) in [7, 11) is -3.38. The van der Waals surface area contributed by atoms with Crippen LogP contribution in [-0.2, 0) is 10.0 Å². The summed E-state index contributed by atoms with van der Waals surface area (Å²) in [5.41, 5.74) is 0.422. The molecule has 28 heavy (non-hydrogen) atoms. The van der Waals surface area contributed by atoms with Crippen LogP contribution in [-0.4, -0.2) is 48.8 Å². The van der Waals surface area contributed by atoms with Crippen LogP contribution in [0.5, 0.6) is 5.75 Å². The second-order valence-corrected chi connectivity index (χ2v) is 11.6. The summed E-state index contributed by atoms with van der Waals surface area (Å²) < 4.78 is 32.3. The number of hydrogen-bond donors (Lipinski definition) is 2. The number of urea groups is 1. The van der Waals surface area contributed by atoms with E-state index in [2.05, 4.69) is 10.0 Å². The number of benzene rings is 1. The number of likely N-dealkylation sites (tertiary alicyclic amines) is 1. The minimum absolute atomic E-state index is 0.137. The van der Waals surface area contributed by atoms with E-state index in [0.717, 1.165) is 5.75 Å². The summed E-state index contributed by atoms with van der Waals surface area (Å²) in [4.78, 5) is 14.2. The van der Waals surface area contributed by atoms with Gasteiger partial charge >= 0.3 is 6.03 Å². The Morgan fingerprint density at radius 2 is 1.57 bits per heavy atom. The highest BCUT2D eigenvalue weighted by molar-refractivity contribution is 7.90. The number of carbonyl (C=O) groups is 1. The van der Waals surface area contributed by atoms with Crippen LogP contribution in [0.3, 0.4) is 0 Å². The highest BCUT2D eigenvalue weighted by atomic mass is 32.2. The standard InChI is InChI=1S/C20H33N3O4S/c1-19(2,3)27-17-9-7-15(8-10-17)21-18(24)23-13-11-16(12-14-23)22-28(25,26)20(4,5)6/h7-10,16,22H,11-14H2,1-6H3,(H,21,24). The zero-order chi connectivity index (χ0) is 21.2. The maximum absolute atomic E-state index is 12.5. The molecule has 1 aromatic rings. The SMILES string of the molecule is CC(C)(C)Oc1ccc(NC(=O)N2CCC(NS(=O)(=O)C(C)(C)C)CC2)cc1. The van der Waals surface area contributed by atoms with Gasteiger partial charge in [0.1, 0.15) is 11.4 Å². The normalized spacial score (nSPS) is 16.7. The number of amides is 2. The lowest BCUT2D eigenvalue weighted by atomic mass is 10.1. The second kappa shape index (κ2) is 8.29. The maximum Gasteiger partial charge on any atom is 0.321 e. The third-order valence-corrected chi connectivity index (χ3v) is 6.70. The van der Waals surface area contributed by atoms with Crippen molar-refractivity contribution in [3.8, 4) is 5.75 Å². The Balaban J connectivity index is 1.85. The Kier molecular flexibility index (Phi) is 6.66. The van der Waals surface area contributed by atoms with Crippen molar-refractivity contribution in [3.63, 3.8) is 0 Å². The van der Waals surface area contributed by atoms with Crippen LogP contribution in [0.2, 0.25) is 0 Å². The molecule has 1 aromatic carbocycles. The van der Waals surface area contributed by atoms with E-state index in [4.69, 9.17) is 4.74 Å². The number of piperidine rings is 1. The Labute approximate surface area is 168 Å². The molecule has 0 bridgehead atoms. The number of sulfonamides is 1. The van der Waals surface area contributed by atoms with Crippen LogP contribution < -0.4 is 14.8 Å². The third-order valence-electron chi connectivity index (χ3n) is 4.44. The molecule has 1 aliphatic rings. The second-order valence-electron chi connectivity index (χ2n) is 9.16. The van der Waals surface area contributed by atoms with Gasteiger partial charge < -0.3 is 15.0 Å². The smallest absolute Gasteiger partial charge is 0.321 e. The molecule has 1 aliphatic heterocycles. The van der Waals surface area contributed by atoms with Gasteiger partial charge in [-0.25, -0.2) is 17.9 Å². The molecule has 2 N–H and O–H groups in total. The summed E-state index contributed by atoms with van der Waals surface area (Å²) in [5.74, 6) is 0.748. The molecule has 2 amide bonds. The molecule has 1 saturated heterocycles. The number of carbonyl (C=O) groups excluding carboxylic acids is 1. The number of nitrogens with one attached hydrogen (secondary N) is 2. The molecule has 0 aliphatic carbocycles. The molecule has 0 unspecified atom stereocenters. The van der Waals surface area contributed by atoms with Crippen molar-refractivity contribution in [3.05, 3.63) is 24.3 Å². The number of anilines is 1. The number of ether oxygens (including phenoxy) is 1. The first-order valence-electron chi connectivity index (χ1n) is 9.64. The highest BCUT2D eigenvalue weighted by Crippen LogP contribution is 2.22. The predicted octanol–water partition coefficient (Wildman–Crippen LogP) is 3.58. The largest absolute Gasteiger partial charge is 0.488 e. The minimum atomic E-state index is -3.38. The van der Waals surface area contributed by atoms with Crippen molar-refractivity contribution in [1.82, 2.24) is 9.62 Å². The van der Waals surface area contributed by atoms with E-state index in [1.807, 2.05) is 45.0 Å². The van der Waals surface area contributed by atoms with Crippen molar-refractivity contribution in [1.29, 1.82) is 0 Å². The first-order chi connectivity index (χ1) is 12.8. The number of hydrogen-bond acceptors (Lipinski definition) is 4. The first kappa shape index (κ1) is 22.5. The average molecular weight is 412 g/mol. The topological polar surface area (TPSA) is 87.7 Å². The van der Waals surface area contributed by atoms with Crippen molar-refractivity contribution in [2.45, 2.75) is 70.8 Å². The van der Waals surface area contributed by atoms with Crippen molar-refractivity contribution in [2.75, 3.05) is 18.4 Å². The van der Waals surface area contributed by atoms with E-state index in [1.165, 1.54) is 0 Å². The van der Waals surface area contributed by atoms with Crippen LogP contribution in [0.4, 0.5) is 10.5 Å². The van der Waals surface area contributed by atoms with E-state index < -0.39 is 14.8 Å². The molecular formula is C20H33N3O4S. The van der Waals surface area contributed by atoms with Gasteiger partial charge in [-0.1, -0.05) is 0 Å². The quantitative estimate of drug-likeness (QED) is 0.793. The number of nitrogens with zero attached hydrogens (tertiary/aromatic N) is 1. The lowest BCUT2D eigenvalue weighted by molar-refractivity contribution is 0.131. The van der Waals surface area contributed by atoms with E-state index in [-0.39, 0.29) is 17.7 Å². The highest BCUT2D eigenvalue weighted by Gasteiger charge is 2.33. The zero-order valence-electron chi connectivity index (χ0n) is 17.7. The average Bonchev–Trinajstić information content (AvgIpc) is 2.54. The Bertz CT molecular complexity index is 769. The summed E-state index contributed by atoms with van der Waals surface area (Å²) in [5, 5.41) is 2.88. The fourth-order valence-corrected chi connectivity index (χ4v) is 3.79. The molecule has 2 rings (SSSR count). The Morgan fingerprint density at radius 3 is 2.04 bits per heavy atom. The molecule has 8 heteroatoms.